The molecule has 1 heterocycles. The van der Waals surface area contributed by atoms with Crippen molar-refractivity contribution in [3.05, 3.63) is 101 Å². The zero-order chi connectivity index (χ0) is 17.2. The summed E-state index contributed by atoms with van der Waals surface area (Å²) in [6.07, 6.45) is -0.292. The van der Waals surface area contributed by atoms with E-state index in [1.54, 1.807) is 12.1 Å². The number of carbonyl (C=O) groups is 1. The van der Waals surface area contributed by atoms with Crippen LogP contribution in [0, 0.1) is 0 Å². The Morgan fingerprint density at radius 1 is 0.880 bits per heavy atom. The van der Waals surface area contributed by atoms with E-state index in [0.717, 1.165) is 11.1 Å². The van der Waals surface area contributed by atoms with Gasteiger partial charge < -0.3 is 0 Å². The Bertz CT molecular complexity index is 896. The first-order valence-electron chi connectivity index (χ1n) is 7.99. The number of rotatable bonds is 3. The summed E-state index contributed by atoms with van der Waals surface area (Å²) in [4.78, 5) is 12.6. The number of cyclic esters (lactones) is 1. The third-order valence-corrected chi connectivity index (χ3v) is 7.14. The first-order valence-corrected chi connectivity index (χ1v) is 10.2. The normalized spacial score (nSPS) is 19.2. The predicted molar refractivity (Wildman–Crippen MR) is 101 cm³/mol. The molecule has 0 saturated carbocycles. The standard InChI is InChI=1S/C21H15ClO2Se/c22-15-11-12-17-18(13-15)20(25-16-9-5-2-6-10-16)19(24-21(17)23)14-7-3-1-4-8-14/h1-13,19-20H/t19-,20+/m1/s1. The average molecular weight is 414 g/mol. The van der Waals surface area contributed by atoms with E-state index in [1.807, 2.05) is 54.6 Å². The minimum absolute atomic E-state index is 0.0868. The van der Waals surface area contributed by atoms with Gasteiger partial charge in [-0.1, -0.05) is 0 Å². The molecule has 0 saturated heterocycles. The van der Waals surface area contributed by atoms with Gasteiger partial charge in [-0.3, -0.25) is 0 Å². The summed E-state index contributed by atoms with van der Waals surface area (Å²) in [6.45, 7) is 0. The molecule has 2 nitrogen and oxygen atoms in total. The first kappa shape index (κ1) is 16.4. The summed E-state index contributed by atoms with van der Waals surface area (Å²) in [5.74, 6) is -0.277. The third kappa shape index (κ3) is 3.36. The van der Waals surface area contributed by atoms with E-state index in [0.29, 0.717) is 10.6 Å². The van der Waals surface area contributed by atoms with Crippen LogP contribution in [0.3, 0.4) is 0 Å². The van der Waals surface area contributed by atoms with Crippen LogP contribution in [0.5, 0.6) is 0 Å². The number of hydrogen-bond donors (Lipinski definition) is 0. The molecule has 4 heteroatoms. The predicted octanol–water partition coefficient (Wildman–Crippen LogP) is 4.32. The van der Waals surface area contributed by atoms with E-state index in [2.05, 4.69) is 12.1 Å². The molecule has 3 aromatic rings. The fourth-order valence-electron chi connectivity index (χ4n) is 3.02. The van der Waals surface area contributed by atoms with Gasteiger partial charge in [-0.15, -0.1) is 0 Å². The molecular formula is C21H15ClO2Se. The number of fused-ring (bicyclic) bond motifs is 1. The third-order valence-electron chi connectivity index (χ3n) is 4.18. The Kier molecular flexibility index (Phi) is 4.63. The molecule has 0 spiro atoms. The summed E-state index contributed by atoms with van der Waals surface area (Å²) in [5, 5.41) is 0.647. The second-order valence-corrected chi connectivity index (χ2v) is 8.81. The van der Waals surface area contributed by atoms with Crippen molar-refractivity contribution in [1.82, 2.24) is 0 Å². The molecule has 1 aliphatic heterocycles. The first-order chi connectivity index (χ1) is 12.2. The van der Waals surface area contributed by atoms with E-state index in [-0.39, 0.29) is 31.8 Å². The van der Waals surface area contributed by atoms with Crippen molar-refractivity contribution in [3.63, 3.8) is 0 Å². The maximum atomic E-state index is 12.5. The molecular weight excluding hydrogens is 399 g/mol. The zero-order valence-corrected chi connectivity index (χ0v) is 15.7. The molecule has 1 aliphatic rings. The summed E-state index contributed by atoms with van der Waals surface area (Å²) in [5.41, 5.74) is 2.63. The van der Waals surface area contributed by atoms with Crippen LogP contribution in [0.1, 0.15) is 32.4 Å². The fourth-order valence-corrected chi connectivity index (χ4v) is 5.85. The van der Waals surface area contributed by atoms with Crippen molar-refractivity contribution in [1.29, 1.82) is 0 Å². The zero-order valence-electron chi connectivity index (χ0n) is 13.3. The van der Waals surface area contributed by atoms with Crippen LogP contribution < -0.4 is 4.46 Å². The van der Waals surface area contributed by atoms with Gasteiger partial charge in [0.1, 0.15) is 0 Å². The average Bonchev–Trinajstić information content (AvgIpc) is 2.65. The fraction of sp³-hybridized carbons (Fsp3) is 0.0952. The van der Waals surface area contributed by atoms with Crippen molar-refractivity contribution in [2.45, 2.75) is 10.9 Å². The molecule has 3 aromatic carbocycles. The van der Waals surface area contributed by atoms with Crippen LogP contribution in [-0.4, -0.2) is 20.9 Å². The Morgan fingerprint density at radius 3 is 2.28 bits per heavy atom. The second-order valence-electron chi connectivity index (χ2n) is 5.82. The van der Waals surface area contributed by atoms with Gasteiger partial charge in [0.15, 0.2) is 0 Å². The van der Waals surface area contributed by atoms with Crippen LogP contribution >= 0.6 is 11.6 Å². The molecule has 0 radical (unpaired) electrons. The number of benzene rings is 3. The molecule has 25 heavy (non-hydrogen) atoms. The number of esters is 1. The Labute approximate surface area is 157 Å². The summed E-state index contributed by atoms with van der Waals surface area (Å²) >= 11 is 6.34. The van der Waals surface area contributed by atoms with Gasteiger partial charge in [0.05, 0.1) is 0 Å². The van der Waals surface area contributed by atoms with Crippen molar-refractivity contribution in [2.75, 3.05) is 0 Å². The Morgan fingerprint density at radius 2 is 1.56 bits per heavy atom. The van der Waals surface area contributed by atoms with Crippen LogP contribution in [0.25, 0.3) is 0 Å². The quantitative estimate of drug-likeness (QED) is 0.472. The molecule has 0 unspecified atom stereocenters. The number of carbonyl (C=O) groups excluding carboxylic acids is 1. The number of halogens is 1. The Hall–Kier alpha value is -2.06. The van der Waals surface area contributed by atoms with Gasteiger partial charge in [-0.05, 0) is 0 Å². The van der Waals surface area contributed by atoms with E-state index in [4.69, 9.17) is 16.3 Å². The molecule has 0 amide bonds. The summed E-state index contributed by atoms with van der Waals surface area (Å²) in [7, 11) is 0. The van der Waals surface area contributed by atoms with Crippen LogP contribution in [-0.2, 0) is 4.74 Å². The second kappa shape index (κ2) is 7.05. The van der Waals surface area contributed by atoms with Crippen molar-refractivity contribution < 1.29 is 9.53 Å². The van der Waals surface area contributed by atoms with Crippen LogP contribution in [0.15, 0.2) is 78.9 Å². The number of ether oxygens (including phenoxy) is 1. The van der Waals surface area contributed by atoms with Gasteiger partial charge in [0.25, 0.3) is 0 Å². The molecule has 0 aliphatic carbocycles. The van der Waals surface area contributed by atoms with E-state index in [9.17, 15) is 4.79 Å². The van der Waals surface area contributed by atoms with E-state index < -0.39 is 0 Å². The van der Waals surface area contributed by atoms with Gasteiger partial charge in [-0.2, -0.15) is 0 Å². The maximum absolute atomic E-state index is 12.5. The van der Waals surface area contributed by atoms with Gasteiger partial charge in [-0.25, -0.2) is 0 Å². The molecule has 4 rings (SSSR count). The molecule has 0 N–H and O–H groups in total. The SMILES string of the molecule is O=C1O[C@H](c2ccccc2)[C@@H]([Se]c2ccccc2)c2cc(Cl)ccc21. The van der Waals surface area contributed by atoms with Crippen molar-refractivity contribution in [3.8, 4) is 0 Å². The topological polar surface area (TPSA) is 26.3 Å². The summed E-state index contributed by atoms with van der Waals surface area (Å²) in [6, 6.07) is 25.7. The van der Waals surface area contributed by atoms with Gasteiger partial charge in [0, 0.05) is 0 Å². The monoisotopic (exact) mass is 414 g/mol. The van der Waals surface area contributed by atoms with Crippen molar-refractivity contribution >= 4 is 37.0 Å². The van der Waals surface area contributed by atoms with E-state index in [1.165, 1.54) is 4.46 Å². The van der Waals surface area contributed by atoms with Crippen molar-refractivity contribution in [2.24, 2.45) is 0 Å². The van der Waals surface area contributed by atoms with Gasteiger partial charge in [0.2, 0.25) is 0 Å². The molecule has 0 fully saturated rings. The van der Waals surface area contributed by atoms with Crippen LogP contribution in [0.2, 0.25) is 5.02 Å². The minimum atomic E-state index is -0.292. The van der Waals surface area contributed by atoms with Gasteiger partial charge >= 0.3 is 158 Å². The summed E-state index contributed by atoms with van der Waals surface area (Å²) < 4.78 is 7.13. The van der Waals surface area contributed by atoms with E-state index >= 15 is 0 Å². The molecule has 124 valence electrons. The molecule has 2 atom stereocenters. The molecule has 0 bridgehead atoms. The Balaban J connectivity index is 1.82. The molecule has 0 aromatic heterocycles. The van der Waals surface area contributed by atoms with Crippen LogP contribution in [0.4, 0.5) is 0 Å². The number of hydrogen-bond acceptors (Lipinski definition) is 2.